The normalized spacial score (nSPS) is 17.4. The zero-order valence-electron chi connectivity index (χ0n) is 9.68. The number of fused-ring (bicyclic) bond motifs is 1. The van der Waals surface area contributed by atoms with Crippen LogP contribution in [0, 0.1) is 0 Å². The molecule has 18 heavy (non-hydrogen) atoms. The highest BCUT2D eigenvalue weighted by Crippen LogP contribution is 2.42. The van der Waals surface area contributed by atoms with Crippen LogP contribution in [0.15, 0.2) is 54.6 Å². The molecule has 0 nitrogen and oxygen atoms in total. The Hall–Kier alpha value is -1.05. The SMILES string of the molecule is Cl[C@@H](c1ccccc1)C1(Br)C=c2ccccc2=C1. The topological polar surface area (TPSA) is 0 Å². The molecule has 0 saturated heterocycles. The third kappa shape index (κ3) is 2.02. The Labute approximate surface area is 120 Å². The number of halogens is 2. The van der Waals surface area contributed by atoms with Crippen LogP contribution in [0.5, 0.6) is 0 Å². The van der Waals surface area contributed by atoms with E-state index < -0.39 is 0 Å². The molecule has 2 aromatic rings. The quantitative estimate of drug-likeness (QED) is 0.745. The molecule has 1 aliphatic carbocycles. The lowest BCUT2D eigenvalue weighted by Crippen LogP contribution is -2.19. The molecule has 1 atom stereocenters. The Morgan fingerprint density at radius 2 is 1.33 bits per heavy atom. The fourth-order valence-electron chi connectivity index (χ4n) is 2.32. The smallest absolute Gasteiger partial charge is 0.0838 e. The third-order valence-electron chi connectivity index (χ3n) is 3.23. The summed E-state index contributed by atoms with van der Waals surface area (Å²) < 4.78 is -0.306. The van der Waals surface area contributed by atoms with E-state index in [0.29, 0.717) is 0 Å². The van der Waals surface area contributed by atoms with Gasteiger partial charge in [0.1, 0.15) is 0 Å². The van der Waals surface area contributed by atoms with E-state index in [-0.39, 0.29) is 9.70 Å². The standard InChI is InChI=1S/C16H12BrCl/c17-16(15(18)12-6-2-1-3-7-12)10-13-8-4-5-9-14(13)11-16/h1-11,15H/t15-/m0/s1. The van der Waals surface area contributed by atoms with Gasteiger partial charge in [0, 0.05) is 0 Å². The fourth-order valence-corrected chi connectivity index (χ4v) is 3.34. The van der Waals surface area contributed by atoms with E-state index in [0.717, 1.165) is 5.56 Å². The van der Waals surface area contributed by atoms with E-state index in [9.17, 15) is 0 Å². The maximum atomic E-state index is 6.63. The fraction of sp³-hybridized carbons (Fsp3) is 0.125. The molecule has 2 aromatic carbocycles. The lowest BCUT2D eigenvalue weighted by molar-refractivity contribution is 0.923. The highest BCUT2D eigenvalue weighted by molar-refractivity contribution is 9.10. The van der Waals surface area contributed by atoms with Gasteiger partial charge in [-0.1, -0.05) is 82.7 Å². The van der Waals surface area contributed by atoms with E-state index in [1.807, 2.05) is 30.3 Å². The Balaban J connectivity index is 2.06. The second-order valence-electron chi connectivity index (χ2n) is 4.52. The average molecular weight is 320 g/mol. The molecule has 0 aromatic heterocycles. The van der Waals surface area contributed by atoms with Crippen LogP contribution in [0.2, 0.25) is 0 Å². The van der Waals surface area contributed by atoms with Gasteiger partial charge in [0.15, 0.2) is 0 Å². The van der Waals surface area contributed by atoms with Crippen molar-refractivity contribution in [1.29, 1.82) is 0 Å². The first kappa shape index (κ1) is 12.0. The second-order valence-corrected chi connectivity index (χ2v) is 6.33. The van der Waals surface area contributed by atoms with Gasteiger partial charge in [-0.2, -0.15) is 0 Å². The summed E-state index contributed by atoms with van der Waals surface area (Å²) in [5, 5.41) is 2.35. The lowest BCUT2D eigenvalue weighted by Gasteiger charge is -2.24. The van der Waals surface area contributed by atoms with Gasteiger partial charge >= 0.3 is 0 Å². The molecule has 0 amide bonds. The van der Waals surface area contributed by atoms with Gasteiger partial charge in [-0.25, -0.2) is 0 Å². The highest BCUT2D eigenvalue weighted by atomic mass is 79.9. The van der Waals surface area contributed by atoms with Crippen LogP contribution < -0.4 is 10.4 Å². The lowest BCUT2D eigenvalue weighted by atomic mass is 9.99. The van der Waals surface area contributed by atoms with E-state index >= 15 is 0 Å². The summed E-state index contributed by atoms with van der Waals surface area (Å²) in [6, 6.07) is 18.5. The van der Waals surface area contributed by atoms with Crippen molar-refractivity contribution in [2.45, 2.75) is 9.70 Å². The van der Waals surface area contributed by atoms with Crippen LogP contribution >= 0.6 is 27.5 Å². The first-order valence-electron chi connectivity index (χ1n) is 5.88. The molecule has 0 heterocycles. The molecule has 0 saturated carbocycles. The van der Waals surface area contributed by atoms with E-state index in [1.165, 1.54) is 10.4 Å². The maximum absolute atomic E-state index is 6.63. The zero-order valence-corrected chi connectivity index (χ0v) is 12.0. The first-order chi connectivity index (χ1) is 8.69. The summed E-state index contributed by atoms with van der Waals surface area (Å²) in [7, 11) is 0. The maximum Gasteiger partial charge on any atom is 0.0838 e. The number of benzene rings is 2. The van der Waals surface area contributed by atoms with Crippen LogP contribution in [0.3, 0.4) is 0 Å². The molecule has 0 radical (unpaired) electrons. The molecule has 90 valence electrons. The average Bonchev–Trinajstić information content (AvgIpc) is 2.76. The van der Waals surface area contributed by atoms with Gasteiger partial charge < -0.3 is 0 Å². The summed E-state index contributed by atoms with van der Waals surface area (Å²) in [4.78, 5) is 0. The van der Waals surface area contributed by atoms with E-state index in [4.69, 9.17) is 11.6 Å². The monoisotopic (exact) mass is 318 g/mol. The van der Waals surface area contributed by atoms with Crippen molar-refractivity contribution in [3.63, 3.8) is 0 Å². The van der Waals surface area contributed by atoms with Crippen molar-refractivity contribution in [3.05, 3.63) is 70.6 Å². The molecule has 0 N–H and O–H groups in total. The summed E-state index contributed by atoms with van der Waals surface area (Å²) in [5.74, 6) is 0. The van der Waals surface area contributed by atoms with Crippen molar-refractivity contribution in [3.8, 4) is 0 Å². The number of hydrogen-bond donors (Lipinski definition) is 0. The van der Waals surface area contributed by atoms with E-state index in [2.05, 4.69) is 52.3 Å². The van der Waals surface area contributed by atoms with Gasteiger partial charge in [-0.3, -0.25) is 0 Å². The van der Waals surface area contributed by atoms with Gasteiger partial charge in [-0.15, -0.1) is 11.6 Å². The third-order valence-corrected chi connectivity index (χ3v) is 5.02. The largest absolute Gasteiger partial charge is 0.116 e. The molecule has 3 rings (SSSR count). The van der Waals surface area contributed by atoms with Crippen molar-refractivity contribution in [1.82, 2.24) is 0 Å². The molecule has 0 bridgehead atoms. The Kier molecular flexibility index (Phi) is 3.04. The van der Waals surface area contributed by atoms with Crippen LogP contribution in [0.1, 0.15) is 10.9 Å². The summed E-state index contributed by atoms with van der Waals surface area (Å²) in [6.07, 6.45) is 4.38. The van der Waals surface area contributed by atoms with Crippen molar-refractivity contribution in [2.75, 3.05) is 0 Å². The molecular weight excluding hydrogens is 308 g/mol. The van der Waals surface area contributed by atoms with Crippen molar-refractivity contribution in [2.24, 2.45) is 0 Å². The minimum absolute atomic E-state index is 0.119. The van der Waals surface area contributed by atoms with Crippen LogP contribution in [0.4, 0.5) is 0 Å². The number of rotatable bonds is 2. The molecule has 2 heteroatoms. The van der Waals surface area contributed by atoms with Gasteiger partial charge in [-0.05, 0) is 16.0 Å². The molecule has 0 spiro atoms. The van der Waals surface area contributed by atoms with Gasteiger partial charge in [0.25, 0.3) is 0 Å². The molecular formula is C16H12BrCl. The molecule has 0 unspecified atom stereocenters. The summed E-state index contributed by atoms with van der Waals surface area (Å²) in [6.45, 7) is 0. The number of hydrogen-bond acceptors (Lipinski definition) is 0. The summed E-state index contributed by atoms with van der Waals surface area (Å²) >= 11 is 10.4. The Morgan fingerprint density at radius 3 is 1.89 bits per heavy atom. The van der Waals surface area contributed by atoms with Gasteiger partial charge in [0.05, 0.1) is 9.70 Å². The van der Waals surface area contributed by atoms with Crippen molar-refractivity contribution < 1.29 is 0 Å². The predicted octanol–water partition coefficient (Wildman–Crippen LogP) is 3.38. The van der Waals surface area contributed by atoms with E-state index in [1.54, 1.807) is 0 Å². The zero-order chi connectivity index (χ0) is 12.6. The molecule has 0 aliphatic heterocycles. The van der Waals surface area contributed by atoms with Crippen LogP contribution in [0.25, 0.3) is 12.2 Å². The molecule has 1 aliphatic rings. The molecule has 0 fully saturated rings. The minimum Gasteiger partial charge on any atom is -0.116 e. The van der Waals surface area contributed by atoms with Crippen molar-refractivity contribution >= 4 is 39.7 Å². The second kappa shape index (κ2) is 4.56. The van der Waals surface area contributed by atoms with Crippen LogP contribution in [-0.4, -0.2) is 4.32 Å². The summed E-state index contributed by atoms with van der Waals surface area (Å²) in [5.41, 5.74) is 1.12. The first-order valence-corrected chi connectivity index (χ1v) is 7.11. The predicted molar refractivity (Wildman–Crippen MR) is 81.3 cm³/mol. The highest BCUT2D eigenvalue weighted by Gasteiger charge is 2.33. The van der Waals surface area contributed by atoms with Gasteiger partial charge in [0.2, 0.25) is 0 Å². The Morgan fingerprint density at radius 1 is 0.833 bits per heavy atom. The van der Waals surface area contributed by atoms with Crippen LogP contribution in [-0.2, 0) is 0 Å². The number of alkyl halides is 2. The Bertz CT molecular complexity index is 641. The minimum atomic E-state index is -0.306.